The number of amides is 1. The summed E-state index contributed by atoms with van der Waals surface area (Å²) in [6.45, 7) is 5.61. The van der Waals surface area contributed by atoms with Gasteiger partial charge < -0.3 is 20.1 Å². The maximum Gasteiger partial charge on any atom is 0.407 e. The van der Waals surface area contributed by atoms with E-state index >= 15 is 0 Å². The maximum atomic E-state index is 11.9. The van der Waals surface area contributed by atoms with Gasteiger partial charge in [0.15, 0.2) is 0 Å². The topological polar surface area (TPSA) is 72.5 Å². The molecule has 6 nitrogen and oxygen atoms in total. The predicted octanol–water partition coefficient (Wildman–Crippen LogP) is 3.34. The van der Waals surface area contributed by atoms with Crippen LogP contribution in [0.15, 0.2) is 18.3 Å². The first-order chi connectivity index (χ1) is 10.9. The zero-order valence-electron chi connectivity index (χ0n) is 14.4. The summed E-state index contributed by atoms with van der Waals surface area (Å²) < 4.78 is 10.4. The van der Waals surface area contributed by atoms with Gasteiger partial charge in [-0.1, -0.05) is 0 Å². The molecule has 1 aromatic heterocycles. The van der Waals surface area contributed by atoms with Gasteiger partial charge in [-0.25, -0.2) is 9.78 Å². The summed E-state index contributed by atoms with van der Waals surface area (Å²) in [5.41, 5.74) is 0.499. The molecule has 2 atom stereocenters. The van der Waals surface area contributed by atoms with Gasteiger partial charge in [0.2, 0.25) is 5.88 Å². The smallest absolute Gasteiger partial charge is 0.407 e. The van der Waals surface area contributed by atoms with Gasteiger partial charge >= 0.3 is 6.09 Å². The summed E-state index contributed by atoms with van der Waals surface area (Å²) in [6.07, 6.45) is 5.45. The molecule has 1 aromatic rings. The van der Waals surface area contributed by atoms with Crippen LogP contribution in [0.5, 0.6) is 5.88 Å². The van der Waals surface area contributed by atoms with E-state index in [0.717, 1.165) is 31.4 Å². The molecule has 0 radical (unpaired) electrons. The lowest BCUT2D eigenvalue weighted by atomic mass is 9.91. The molecule has 0 aromatic carbocycles. The van der Waals surface area contributed by atoms with E-state index in [-0.39, 0.29) is 12.1 Å². The Hall–Kier alpha value is -1.98. The number of hydrogen-bond acceptors (Lipinski definition) is 5. The Morgan fingerprint density at radius 1 is 1.26 bits per heavy atom. The number of nitrogens with one attached hydrogen (secondary N) is 2. The van der Waals surface area contributed by atoms with Crippen LogP contribution in [0, 0.1) is 0 Å². The number of anilines is 1. The first kappa shape index (κ1) is 17.4. The van der Waals surface area contributed by atoms with Crippen LogP contribution in [0.3, 0.4) is 0 Å². The van der Waals surface area contributed by atoms with Gasteiger partial charge in [-0.15, -0.1) is 0 Å². The normalized spacial score (nSPS) is 21.4. The molecule has 1 aliphatic rings. The number of alkyl carbamates (subject to hydrolysis) is 1. The van der Waals surface area contributed by atoms with Crippen LogP contribution >= 0.6 is 0 Å². The SMILES string of the molecule is COc1ccc(NC2CCCC(NC(=O)OC(C)(C)C)C2)cn1. The Morgan fingerprint density at radius 2 is 2.00 bits per heavy atom. The number of carbonyl (C=O) groups excluding carboxylic acids is 1. The molecule has 1 saturated carbocycles. The van der Waals surface area contributed by atoms with Crippen LogP contribution < -0.4 is 15.4 Å². The maximum absolute atomic E-state index is 11.9. The van der Waals surface area contributed by atoms with Crippen molar-refractivity contribution in [2.75, 3.05) is 12.4 Å². The summed E-state index contributed by atoms with van der Waals surface area (Å²) in [4.78, 5) is 16.1. The fourth-order valence-corrected chi connectivity index (χ4v) is 2.75. The average Bonchev–Trinajstić information content (AvgIpc) is 2.46. The Bertz CT molecular complexity index is 511. The molecule has 0 saturated heterocycles. The molecule has 1 heterocycles. The number of aromatic nitrogens is 1. The number of rotatable bonds is 4. The molecule has 0 aliphatic heterocycles. The van der Waals surface area contributed by atoms with Crippen molar-refractivity contribution < 1.29 is 14.3 Å². The number of nitrogens with zero attached hydrogens (tertiary/aromatic N) is 1. The number of hydrogen-bond donors (Lipinski definition) is 2. The molecule has 2 N–H and O–H groups in total. The fourth-order valence-electron chi connectivity index (χ4n) is 2.75. The largest absolute Gasteiger partial charge is 0.481 e. The number of pyridine rings is 1. The van der Waals surface area contributed by atoms with E-state index in [0.29, 0.717) is 11.9 Å². The Kier molecular flexibility index (Phi) is 5.69. The molecule has 0 spiro atoms. The van der Waals surface area contributed by atoms with E-state index in [1.165, 1.54) is 0 Å². The van der Waals surface area contributed by atoms with E-state index in [1.54, 1.807) is 13.3 Å². The zero-order chi connectivity index (χ0) is 16.9. The first-order valence-corrected chi connectivity index (χ1v) is 8.12. The molecule has 2 rings (SSSR count). The van der Waals surface area contributed by atoms with Crippen molar-refractivity contribution in [2.24, 2.45) is 0 Å². The van der Waals surface area contributed by atoms with Gasteiger partial charge in [-0.2, -0.15) is 0 Å². The van der Waals surface area contributed by atoms with Gasteiger partial charge in [0.1, 0.15) is 5.60 Å². The number of ether oxygens (including phenoxy) is 2. The minimum absolute atomic E-state index is 0.141. The highest BCUT2D eigenvalue weighted by atomic mass is 16.6. The van der Waals surface area contributed by atoms with Crippen LogP contribution in [0.1, 0.15) is 46.5 Å². The zero-order valence-corrected chi connectivity index (χ0v) is 14.4. The van der Waals surface area contributed by atoms with Gasteiger partial charge in [0.05, 0.1) is 19.0 Å². The van der Waals surface area contributed by atoms with Crippen molar-refractivity contribution in [3.8, 4) is 5.88 Å². The van der Waals surface area contributed by atoms with Crippen molar-refractivity contribution >= 4 is 11.8 Å². The van der Waals surface area contributed by atoms with Crippen LogP contribution in [-0.4, -0.2) is 35.9 Å². The highest BCUT2D eigenvalue weighted by molar-refractivity contribution is 5.68. The molecule has 1 aliphatic carbocycles. The third-order valence-electron chi connectivity index (χ3n) is 3.71. The van der Waals surface area contributed by atoms with Gasteiger partial charge in [-0.3, -0.25) is 0 Å². The molecule has 6 heteroatoms. The first-order valence-electron chi connectivity index (χ1n) is 8.12. The van der Waals surface area contributed by atoms with Crippen LogP contribution in [0.25, 0.3) is 0 Å². The van der Waals surface area contributed by atoms with E-state index in [4.69, 9.17) is 9.47 Å². The van der Waals surface area contributed by atoms with Crippen LogP contribution in [-0.2, 0) is 4.74 Å². The van der Waals surface area contributed by atoms with Crippen molar-refractivity contribution in [1.29, 1.82) is 0 Å². The number of methoxy groups -OCH3 is 1. The van der Waals surface area contributed by atoms with Crippen molar-refractivity contribution in [2.45, 2.75) is 64.1 Å². The molecular weight excluding hydrogens is 294 g/mol. The molecule has 2 unspecified atom stereocenters. The summed E-state index contributed by atoms with van der Waals surface area (Å²) >= 11 is 0. The lowest BCUT2D eigenvalue weighted by Gasteiger charge is -2.31. The van der Waals surface area contributed by atoms with E-state index in [1.807, 2.05) is 32.9 Å². The highest BCUT2D eigenvalue weighted by Gasteiger charge is 2.25. The highest BCUT2D eigenvalue weighted by Crippen LogP contribution is 2.23. The Morgan fingerprint density at radius 3 is 2.61 bits per heavy atom. The summed E-state index contributed by atoms with van der Waals surface area (Å²) in [6, 6.07) is 4.25. The Labute approximate surface area is 138 Å². The van der Waals surface area contributed by atoms with Crippen molar-refractivity contribution in [3.05, 3.63) is 18.3 Å². The van der Waals surface area contributed by atoms with Gasteiger partial charge in [0, 0.05) is 18.2 Å². The minimum atomic E-state index is -0.467. The van der Waals surface area contributed by atoms with Crippen molar-refractivity contribution in [1.82, 2.24) is 10.3 Å². The molecule has 128 valence electrons. The third-order valence-corrected chi connectivity index (χ3v) is 3.71. The molecular formula is C17H27N3O3. The summed E-state index contributed by atoms with van der Waals surface area (Å²) in [5.74, 6) is 0.601. The minimum Gasteiger partial charge on any atom is -0.481 e. The molecule has 23 heavy (non-hydrogen) atoms. The second-order valence-corrected chi connectivity index (χ2v) is 6.94. The van der Waals surface area contributed by atoms with E-state index < -0.39 is 5.60 Å². The van der Waals surface area contributed by atoms with Crippen molar-refractivity contribution in [3.63, 3.8) is 0 Å². The van der Waals surface area contributed by atoms with Crippen LogP contribution in [0.2, 0.25) is 0 Å². The molecule has 1 amide bonds. The van der Waals surface area contributed by atoms with E-state index in [9.17, 15) is 4.79 Å². The quantitative estimate of drug-likeness (QED) is 0.890. The van der Waals surface area contributed by atoms with Crippen LogP contribution in [0.4, 0.5) is 10.5 Å². The summed E-state index contributed by atoms with van der Waals surface area (Å²) in [5, 5.41) is 6.45. The van der Waals surface area contributed by atoms with E-state index in [2.05, 4.69) is 15.6 Å². The second kappa shape index (κ2) is 7.53. The molecule has 1 fully saturated rings. The van der Waals surface area contributed by atoms with Gasteiger partial charge in [0.25, 0.3) is 0 Å². The second-order valence-electron chi connectivity index (χ2n) is 6.94. The summed E-state index contributed by atoms with van der Waals surface area (Å²) in [7, 11) is 1.60. The fraction of sp³-hybridized carbons (Fsp3) is 0.647. The third kappa shape index (κ3) is 5.96. The Balaban J connectivity index is 1.84. The number of carbonyl (C=O) groups is 1. The lowest BCUT2D eigenvalue weighted by molar-refractivity contribution is 0.0492. The van der Waals surface area contributed by atoms with Gasteiger partial charge in [-0.05, 0) is 52.5 Å². The lowest BCUT2D eigenvalue weighted by Crippen LogP contribution is -2.43. The average molecular weight is 321 g/mol. The standard InChI is InChI=1S/C17H27N3O3/c1-17(2,3)23-16(21)20-13-7-5-6-12(10-13)19-14-8-9-15(22-4)18-11-14/h8-9,11-13,19H,5-7,10H2,1-4H3,(H,20,21). The predicted molar refractivity (Wildman–Crippen MR) is 89.8 cm³/mol. The monoisotopic (exact) mass is 321 g/mol. The molecule has 0 bridgehead atoms.